The van der Waals surface area contributed by atoms with Crippen molar-refractivity contribution >= 4 is 27.7 Å². The minimum Gasteiger partial charge on any atom is -0.336 e. The van der Waals surface area contributed by atoms with Gasteiger partial charge in [-0.1, -0.05) is 47.7 Å². The number of carbonyl (C=O) groups is 1. The summed E-state index contributed by atoms with van der Waals surface area (Å²) in [5, 5.41) is 10.9. The van der Waals surface area contributed by atoms with Crippen LogP contribution >= 0.6 is 0 Å². The minimum absolute atomic E-state index is 0.0766. The second-order valence-electron chi connectivity index (χ2n) is 7.82. The molecule has 1 amide bonds. The predicted molar refractivity (Wildman–Crippen MR) is 118 cm³/mol. The van der Waals surface area contributed by atoms with Crippen molar-refractivity contribution in [3.8, 4) is 0 Å². The molecule has 0 unspecified atom stereocenters. The van der Waals surface area contributed by atoms with E-state index in [-0.39, 0.29) is 5.91 Å². The summed E-state index contributed by atoms with van der Waals surface area (Å²) in [7, 11) is 0. The van der Waals surface area contributed by atoms with Crippen LogP contribution in [0, 0.1) is 0 Å². The predicted octanol–water partition coefficient (Wildman–Crippen LogP) is 3.56. The maximum atomic E-state index is 13.0. The molecule has 6 heteroatoms. The van der Waals surface area contributed by atoms with Gasteiger partial charge in [0, 0.05) is 44.8 Å². The zero-order chi connectivity index (χ0) is 20.5. The molecule has 0 aliphatic carbocycles. The largest absolute Gasteiger partial charge is 0.336 e. The molecule has 2 heterocycles. The van der Waals surface area contributed by atoms with Gasteiger partial charge in [0.05, 0.1) is 5.52 Å². The molecule has 6 nitrogen and oxygen atoms in total. The van der Waals surface area contributed by atoms with Crippen LogP contribution in [0.15, 0.2) is 60.7 Å². The van der Waals surface area contributed by atoms with Crippen molar-refractivity contribution in [1.82, 2.24) is 24.8 Å². The summed E-state index contributed by atoms with van der Waals surface area (Å²) in [6, 6.07) is 20.7. The number of nitrogens with zero attached hydrogens (tertiary/aromatic N) is 5. The zero-order valence-corrected chi connectivity index (χ0v) is 17.2. The first-order valence-electron chi connectivity index (χ1n) is 10.5. The minimum atomic E-state index is 0.0766. The van der Waals surface area contributed by atoms with Crippen LogP contribution in [0.2, 0.25) is 0 Å². The molecule has 3 aromatic carbocycles. The van der Waals surface area contributed by atoms with Gasteiger partial charge >= 0.3 is 0 Å². The molecule has 0 bridgehead atoms. The van der Waals surface area contributed by atoms with Gasteiger partial charge in [-0.25, -0.2) is 4.68 Å². The third-order valence-electron chi connectivity index (χ3n) is 5.99. The molecular weight excluding hydrogens is 374 g/mol. The van der Waals surface area contributed by atoms with Crippen LogP contribution < -0.4 is 0 Å². The fraction of sp³-hybridized carbons (Fsp3) is 0.292. The van der Waals surface area contributed by atoms with Crippen molar-refractivity contribution in [2.24, 2.45) is 0 Å². The van der Waals surface area contributed by atoms with Gasteiger partial charge in [0.1, 0.15) is 5.52 Å². The summed E-state index contributed by atoms with van der Waals surface area (Å²) in [5.41, 5.74) is 3.77. The van der Waals surface area contributed by atoms with Crippen LogP contribution in [0.5, 0.6) is 0 Å². The monoisotopic (exact) mass is 399 g/mol. The highest BCUT2D eigenvalue weighted by Crippen LogP contribution is 2.21. The number of aryl methyl sites for hydroxylation is 1. The Morgan fingerprint density at radius 2 is 1.77 bits per heavy atom. The fourth-order valence-corrected chi connectivity index (χ4v) is 4.30. The number of aromatic nitrogens is 3. The molecule has 1 aliphatic rings. The van der Waals surface area contributed by atoms with Gasteiger partial charge in [-0.2, -0.15) is 0 Å². The normalized spacial score (nSPS) is 15.2. The third-order valence-corrected chi connectivity index (χ3v) is 5.99. The van der Waals surface area contributed by atoms with Gasteiger partial charge in [0.2, 0.25) is 0 Å². The quantitative estimate of drug-likeness (QED) is 0.527. The molecule has 0 atom stereocenters. The molecule has 0 N–H and O–H groups in total. The van der Waals surface area contributed by atoms with Gasteiger partial charge in [0.15, 0.2) is 0 Å². The highest BCUT2D eigenvalue weighted by atomic mass is 16.2. The van der Waals surface area contributed by atoms with Crippen LogP contribution in [-0.4, -0.2) is 56.9 Å². The van der Waals surface area contributed by atoms with Gasteiger partial charge in [-0.05, 0) is 41.5 Å². The van der Waals surface area contributed by atoms with Crippen LogP contribution in [0.1, 0.15) is 22.8 Å². The molecular formula is C24H25N5O. The summed E-state index contributed by atoms with van der Waals surface area (Å²) in [6.07, 6.45) is 0. The van der Waals surface area contributed by atoms with E-state index in [0.717, 1.165) is 50.3 Å². The van der Waals surface area contributed by atoms with Crippen LogP contribution in [0.25, 0.3) is 21.8 Å². The number of carbonyl (C=O) groups excluding carboxylic acids is 1. The van der Waals surface area contributed by atoms with Crippen molar-refractivity contribution in [2.45, 2.75) is 20.0 Å². The number of amides is 1. The van der Waals surface area contributed by atoms with E-state index in [1.54, 1.807) is 0 Å². The topological polar surface area (TPSA) is 54.3 Å². The Morgan fingerprint density at radius 3 is 2.60 bits per heavy atom. The Hall–Kier alpha value is -3.25. The van der Waals surface area contributed by atoms with Crippen molar-refractivity contribution in [2.75, 3.05) is 26.2 Å². The van der Waals surface area contributed by atoms with E-state index >= 15 is 0 Å². The van der Waals surface area contributed by atoms with Gasteiger partial charge in [0.25, 0.3) is 5.91 Å². The molecule has 30 heavy (non-hydrogen) atoms. The highest BCUT2D eigenvalue weighted by molar-refractivity contribution is 5.97. The number of hydrogen-bond donors (Lipinski definition) is 0. The lowest BCUT2D eigenvalue weighted by Crippen LogP contribution is -2.48. The molecule has 0 saturated carbocycles. The lowest BCUT2D eigenvalue weighted by molar-refractivity contribution is 0.0629. The Labute approximate surface area is 175 Å². The second-order valence-corrected chi connectivity index (χ2v) is 7.82. The summed E-state index contributed by atoms with van der Waals surface area (Å²) < 4.78 is 1.84. The first-order chi connectivity index (χ1) is 14.7. The summed E-state index contributed by atoms with van der Waals surface area (Å²) in [4.78, 5) is 17.4. The van der Waals surface area contributed by atoms with Gasteiger partial charge < -0.3 is 4.90 Å². The molecule has 0 spiro atoms. The first kappa shape index (κ1) is 18.8. The number of piperazine rings is 1. The third kappa shape index (κ3) is 3.44. The van der Waals surface area contributed by atoms with E-state index in [0.29, 0.717) is 5.56 Å². The van der Waals surface area contributed by atoms with Crippen molar-refractivity contribution in [3.63, 3.8) is 0 Å². The summed E-state index contributed by atoms with van der Waals surface area (Å²) in [5.74, 6) is 0.0766. The average Bonchev–Trinajstić information content (AvgIpc) is 3.22. The van der Waals surface area contributed by atoms with Crippen molar-refractivity contribution in [3.05, 3.63) is 71.8 Å². The van der Waals surface area contributed by atoms with Crippen molar-refractivity contribution < 1.29 is 4.79 Å². The zero-order valence-electron chi connectivity index (χ0n) is 17.2. The molecule has 152 valence electrons. The molecule has 5 rings (SSSR count). The standard InChI is InChI=1S/C24H25N5O/c1-2-29-23-11-10-19(16-22(23)25-26-29)24(30)28-14-12-27(13-15-28)17-20-8-5-7-18-6-3-4-9-21(18)20/h3-11,16H,2,12-15,17H2,1H3. The van der Waals surface area contributed by atoms with Crippen LogP contribution in [0.4, 0.5) is 0 Å². The number of benzene rings is 3. The van der Waals surface area contributed by atoms with E-state index in [9.17, 15) is 4.79 Å². The average molecular weight is 399 g/mol. The smallest absolute Gasteiger partial charge is 0.254 e. The molecule has 4 aromatic rings. The van der Waals surface area contributed by atoms with E-state index < -0.39 is 0 Å². The Kier molecular flexibility index (Phi) is 4.93. The van der Waals surface area contributed by atoms with Crippen LogP contribution in [-0.2, 0) is 13.1 Å². The van der Waals surface area contributed by atoms with E-state index in [2.05, 4.69) is 57.7 Å². The maximum Gasteiger partial charge on any atom is 0.254 e. The van der Waals surface area contributed by atoms with Gasteiger partial charge in [-0.15, -0.1) is 5.10 Å². The lowest BCUT2D eigenvalue weighted by Gasteiger charge is -2.35. The molecule has 1 aromatic heterocycles. The SMILES string of the molecule is CCn1nnc2cc(C(=O)N3CCN(Cc4cccc5ccccc45)CC3)ccc21. The van der Waals surface area contributed by atoms with Gasteiger partial charge in [-0.3, -0.25) is 9.69 Å². The lowest BCUT2D eigenvalue weighted by atomic mass is 10.0. The van der Waals surface area contributed by atoms with E-state index in [4.69, 9.17) is 0 Å². The molecule has 1 saturated heterocycles. The Bertz CT molecular complexity index is 1200. The highest BCUT2D eigenvalue weighted by Gasteiger charge is 2.23. The number of hydrogen-bond acceptors (Lipinski definition) is 4. The Morgan fingerprint density at radius 1 is 0.967 bits per heavy atom. The maximum absolute atomic E-state index is 13.0. The second kappa shape index (κ2) is 7.88. The summed E-state index contributed by atoms with van der Waals surface area (Å²) in [6.45, 7) is 6.95. The molecule has 0 radical (unpaired) electrons. The van der Waals surface area contributed by atoms with Crippen LogP contribution in [0.3, 0.4) is 0 Å². The van der Waals surface area contributed by atoms with E-state index in [1.165, 1.54) is 16.3 Å². The van der Waals surface area contributed by atoms with E-state index in [1.807, 2.05) is 34.7 Å². The Balaban J connectivity index is 1.26. The molecule has 1 aliphatic heterocycles. The molecule has 1 fully saturated rings. The number of fused-ring (bicyclic) bond motifs is 2. The first-order valence-corrected chi connectivity index (χ1v) is 10.5. The van der Waals surface area contributed by atoms with Crippen molar-refractivity contribution in [1.29, 1.82) is 0 Å². The summed E-state index contributed by atoms with van der Waals surface area (Å²) >= 11 is 0. The fourth-order valence-electron chi connectivity index (χ4n) is 4.30. The number of rotatable bonds is 4.